The van der Waals surface area contributed by atoms with Gasteiger partial charge in [-0.2, -0.15) is 0 Å². The van der Waals surface area contributed by atoms with Crippen LogP contribution in [-0.4, -0.2) is 41.3 Å². The first kappa shape index (κ1) is 23.2. The van der Waals surface area contributed by atoms with Crippen LogP contribution in [0.15, 0.2) is 52.1 Å². The number of aromatic nitrogens is 1. The molecular weight excluding hydrogens is 461 g/mol. The first-order valence-corrected chi connectivity index (χ1v) is 11.5. The molecular formula is C25H25F3N4O3. The highest BCUT2D eigenvalue weighted by Gasteiger charge is 2.36. The van der Waals surface area contributed by atoms with Gasteiger partial charge in [-0.1, -0.05) is 11.2 Å². The zero-order chi connectivity index (χ0) is 24.9. The van der Waals surface area contributed by atoms with Crippen LogP contribution in [0.25, 0.3) is 0 Å². The average Bonchev–Trinajstić information content (AvgIpc) is 3.53. The van der Waals surface area contributed by atoms with E-state index in [1.54, 1.807) is 30.1 Å². The molecule has 2 aliphatic carbocycles. The molecule has 3 aliphatic rings. The lowest BCUT2D eigenvalue weighted by atomic mass is 9.88. The molecule has 35 heavy (non-hydrogen) atoms. The lowest BCUT2D eigenvalue weighted by Gasteiger charge is -2.34. The number of anilines is 1. The number of amides is 3. The van der Waals surface area contributed by atoms with Crippen LogP contribution in [0.5, 0.6) is 0 Å². The summed E-state index contributed by atoms with van der Waals surface area (Å²) in [4.78, 5) is 28.9. The standard InChI is InChI=1S/C25H25F3N4O3/c1-25(28)10-17(26)8-20(27)19(25)11-29-23(33)15-5-6-16-12-31(2)24(34)32(22(16)7-15)13-18-9-21(30-35-18)14-3-4-14/h5-9,14H,3-4,10-13H2,1-2H3,(H,29,33). The Balaban J connectivity index is 1.36. The van der Waals surface area contributed by atoms with E-state index < -0.39 is 36.2 Å². The summed E-state index contributed by atoms with van der Waals surface area (Å²) in [6.45, 7) is 1.19. The summed E-state index contributed by atoms with van der Waals surface area (Å²) < 4.78 is 47.8. The number of halogens is 3. The molecule has 1 aliphatic heterocycles. The minimum Gasteiger partial charge on any atom is -0.359 e. The van der Waals surface area contributed by atoms with E-state index in [9.17, 15) is 22.8 Å². The smallest absolute Gasteiger partial charge is 0.324 e. The van der Waals surface area contributed by atoms with Crippen LogP contribution in [0.2, 0.25) is 0 Å². The van der Waals surface area contributed by atoms with E-state index in [2.05, 4.69) is 10.5 Å². The van der Waals surface area contributed by atoms with E-state index in [0.29, 0.717) is 30.0 Å². The molecule has 1 N–H and O–H groups in total. The van der Waals surface area contributed by atoms with Gasteiger partial charge in [0.2, 0.25) is 0 Å². The molecule has 2 heterocycles. The van der Waals surface area contributed by atoms with Crippen molar-refractivity contribution in [3.05, 3.63) is 70.1 Å². The predicted molar refractivity (Wildman–Crippen MR) is 122 cm³/mol. The number of hydrogen-bond acceptors (Lipinski definition) is 4. The van der Waals surface area contributed by atoms with Crippen molar-refractivity contribution in [1.29, 1.82) is 0 Å². The fourth-order valence-electron chi connectivity index (χ4n) is 4.49. The van der Waals surface area contributed by atoms with Crippen LogP contribution < -0.4 is 10.2 Å². The van der Waals surface area contributed by atoms with Gasteiger partial charge >= 0.3 is 6.03 Å². The summed E-state index contributed by atoms with van der Waals surface area (Å²) in [6.07, 6.45) is 2.21. The van der Waals surface area contributed by atoms with Gasteiger partial charge in [-0.05, 0) is 37.5 Å². The maximum Gasteiger partial charge on any atom is 0.324 e. The molecule has 1 fully saturated rings. The highest BCUT2D eigenvalue weighted by molar-refractivity contribution is 5.99. The molecule has 2 aromatic rings. The summed E-state index contributed by atoms with van der Waals surface area (Å²) >= 11 is 0. The predicted octanol–water partition coefficient (Wildman–Crippen LogP) is 5.06. The largest absolute Gasteiger partial charge is 0.359 e. The van der Waals surface area contributed by atoms with Gasteiger partial charge in [0.1, 0.15) is 17.3 Å². The summed E-state index contributed by atoms with van der Waals surface area (Å²) in [5.74, 6) is -1.53. The Morgan fingerprint density at radius 1 is 1.29 bits per heavy atom. The second kappa shape index (κ2) is 8.58. The van der Waals surface area contributed by atoms with Crippen molar-refractivity contribution in [1.82, 2.24) is 15.4 Å². The van der Waals surface area contributed by atoms with E-state index >= 15 is 0 Å². The molecule has 3 amide bonds. The number of carbonyl (C=O) groups is 2. The number of benzene rings is 1. The van der Waals surface area contributed by atoms with Crippen LogP contribution in [0.1, 0.15) is 59.5 Å². The third kappa shape index (κ3) is 4.56. The first-order chi connectivity index (χ1) is 16.6. The van der Waals surface area contributed by atoms with Crippen LogP contribution in [0.4, 0.5) is 23.7 Å². The lowest BCUT2D eigenvalue weighted by Crippen LogP contribution is -2.45. The number of nitrogens with one attached hydrogen (secondary N) is 1. The minimum atomic E-state index is -2.24. The SMILES string of the molecule is CN1Cc2ccc(C(=O)NCC3=C(F)C=C(F)CC3(C)F)cc2N(Cc2cc(C3CC3)no2)C1=O. The minimum absolute atomic E-state index is 0.150. The molecule has 5 rings (SSSR count). The number of rotatable bonds is 6. The van der Waals surface area contributed by atoms with E-state index in [4.69, 9.17) is 4.52 Å². The molecule has 1 aromatic heterocycles. The molecule has 10 heteroatoms. The molecule has 0 bridgehead atoms. The Morgan fingerprint density at radius 2 is 2.06 bits per heavy atom. The summed E-state index contributed by atoms with van der Waals surface area (Å²) in [7, 11) is 1.69. The molecule has 184 valence electrons. The maximum atomic E-state index is 14.7. The molecule has 1 atom stereocenters. The van der Waals surface area contributed by atoms with Gasteiger partial charge in [-0.25, -0.2) is 18.0 Å². The Kier molecular flexibility index (Phi) is 5.69. The van der Waals surface area contributed by atoms with Gasteiger partial charge < -0.3 is 14.7 Å². The number of nitrogens with zero attached hydrogens (tertiary/aromatic N) is 3. The van der Waals surface area contributed by atoms with Crippen molar-refractivity contribution in [3.63, 3.8) is 0 Å². The Labute approximate surface area is 200 Å². The molecule has 0 spiro atoms. The Morgan fingerprint density at radius 3 is 2.77 bits per heavy atom. The number of fused-ring (bicyclic) bond motifs is 1. The van der Waals surface area contributed by atoms with Crippen molar-refractivity contribution in [2.45, 2.75) is 50.9 Å². The third-order valence-corrected chi connectivity index (χ3v) is 6.62. The van der Waals surface area contributed by atoms with Gasteiger partial charge in [-0.3, -0.25) is 9.69 Å². The van der Waals surface area contributed by atoms with Crippen molar-refractivity contribution in [2.24, 2.45) is 0 Å². The summed E-state index contributed by atoms with van der Waals surface area (Å²) in [5.41, 5.74) is -0.0695. The van der Waals surface area contributed by atoms with Crippen LogP contribution >= 0.6 is 0 Å². The fourth-order valence-corrected chi connectivity index (χ4v) is 4.49. The van der Waals surface area contributed by atoms with Gasteiger partial charge in [0.15, 0.2) is 5.76 Å². The van der Waals surface area contributed by atoms with Crippen molar-refractivity contribution < 1.29 is 27.3 Å². The molecule has 0 radical (unpaired) electrons. The van der Waals surface area contributed by atoms with Crippen molar-refractivity contribution in [3.8, 4) is 0 Å². The van der Waals surface area contributed by atoms with Crippen LogP contribution in [0, 0.1) is 0 Å². The molecule has 0 saturated heterocycles. The van der Waals surface area contributed by atoms with Crippen molar-refractivity contribution >= 4 is 17.6 Å². The number of hydrogen-bond donors (Lipinski definition) is 1. The van der Waals surface area contributed by atoms with Crippen LogP contribution in [-0.2, 0) is 13.1 Å². The normalized spacial score (nSPS) is 22.3. The summed E-state index contributed by atoms with van der Waals surface area (Å²) in [6, 6.07) is 6.51. The molecule has 1 saturated carbocycles. The van der Waals surface area contributed by atoms with Gasteiger partial charge in [0, 0.05) is 55.8 Å². The highest BCUT2D eigenvalue weighted by Crippen LogP contribution is 2.40. The number of carbonyl (C=O) groups excluding carboxylic acids is 2. The number of alkyl halides is 1. The van der Waals surface area contributed by atoms with E-state index in [1.165, 1.54) is 4.90 Å². The fraction of sp³-hybridized carbons (Fsp3) is 0.400. The molecule has 7 nitrogen and oxygen atoms in total. The third-order valence-electron chi connectivity index (χ3n) is 6.62. The lowest BCUT2D eigenvalue weighted by molar-refractivity contribution is 0.0953. The van der Waals surface area contributed by atoms with Crippen molar-refractivity contribution in [2.75, 3.05) is 18.5 Å². The second-order valence-corrected chi connectivity index (χ2v) is 9.54. The number of allylic oxidation sites excluding steroid dienone is 3. The monoisotopic (exact) mass is 486 g/mol. The van der Waals surface area contributed by atoms with Gasteiger partial charge in [-0.15, -0.1) is 0 Å². The van der Waals surface area contributed by atoms with Gasteiger partial charge in [0.05, 0.1) is 17.9 Å². The zero-order valence-electron chi connectivity index (χ0n) is 19.4. The Bertz CT molecular complexity index is 1260. The molecule has 1 aromatic carbocycles. The topological polar surface area (TPSA) is 78.7 Å². The molecule has 1 unspecified atom stereocenters. The van der Waals surface area contributed by atoms with E-state index in [1.807, 2.05) is 6.07 Å². The highest BCUT2D eigenvalue weighted by atomic mass is 19.2. The van der Waals surface area contributed by atoms with E-state index in [0.717, 1.165) is 31.0 Å². The summed E-state index contributed by atoms with van der Waals surface area (Å²) in [5, 5.41) is 6.61. The zero-order valence-corrected chi connectivity index (χ0v) is 19.4. The van der Waals surface area contributed by atoms with Crippen LogP contribution in [0.3, 0.4) is 0 Å². The van der Waals surface area contributed by atoms with Gasteiger partial charge in [0.25, 0.3) is 5.91 Å². The second-order valence-electron chi connectivity index (χ2n) is 9.54. The van der Waals surface area contributed by atoms with E-state index in [-0.39, 0.29) is 23.7 Å². The first-order valence-electron chi connectivity index (χ1n) is 11.5. The quantitative estimate of drug-likeness (QED) is 0.619. The average molecular weight is 486 g/mol. The number of urea groups is 1. The maximum absolute atomic E-state index is 14.7. The Hall–Kier alpha value is -3.56.